The third kappa shape index (κ3) is 5.80. The minimum atomic E-state index is -3.87. The average Bonchev–Trinajstić information content (AvgIpc) is 2.74. The molecule has 0 bridgehead atoms. The third-order valence-corrected chi connectivity index (χ3v) is 6.82. The number of sulfonamides is 1. The molecule has 0 aliphatic heterocycles. The standard InChI is InChI=1S/C22H21IN2O3S/c23-19-11-13-20(14-12-19)25(29(27,28)21-9-5-2-6-10-21)17-22(26)24-16-15-18-7-3-1-4-8-18/h1-14H,15-17H2,(H,24,26). The Hall–Kier alpha value is -2.39. The van der Waals surface area contributed by atoms with E-state index in [9.17, 15) is 13.2 Å². The van der Waals surface area contributed by atoms with Gasteiger partial charge in [-0.1, -0.05) is 48.5 Å². The molecule has 0 saturated carbocycles. The van der Waals surface area contributed by atoms with E-state index in [1.807, 2.05) is 42.5 Å². The fourth-order valence-corrected chi connectivity index (χ4v) is 4.62. The molecule has 3 rings (SSSR count). The predicted molar refractivity (Wildman–Crippen MR) is 123 cm³/mol. The Bertz CT molecular complexity index is 1040. The van der Waals surface area contributed by atoms with Crippen LogP contribution >= 0.6 is 22.6 Å². The van der Waals surface area contributed by atoms with Crippen molar-refractivity contribution in [3.63, 3.8) is 0 Å². The number of carbonyl (C=O) groups excluding carboxylic acids is 1. The van der Waals surface area contributed by atoms with Crippen molar-refractivity contribution >= 4 is 44.2 Å². The van der Waals surface area contributed by atoms with Crippen molar-refractivity contribution in [1.29, 1.82) is 0 Å². The normalized spacial score (nSPS) is 11.1. The van der Waals surface area contributed by atoms with Gasteiger partial charge in [0.2, 0.25) is 5.91 Å². The molecule has 0 saturated heterocycles. The summed E-state index contributed by atoms with van der Waals surface area (Å²) in [6.07, 6.45) is 0.682. The molecule has 0 unspecified atom stereocenters. The Balaban J connectivity index is 1.76. The van der Waals surface area contributed by atoms with Gasteiger partial charge in [0.1, 0.15) is 6.54 Å². The first-order valence-corrected chi connectivity index (χ1v) is 11.6. The lowest BCUT2D eigenvalue weighted by Gasteiger charge is -2.24. The van der Waals surface area contributed by atoms with E-state index >= 15 is 0 Å². The number of rotatable bonds is 8. The Kier molecular flexibility index (Phi) is 7.27. The summed E-state index contributed by atoms with van der Waals surface area (Å²) in [4.78, 5) is 12.7. The van der Waals surface area contributed by atoms with E-state index in [-0.39, 0.29) is 17.3 Å². The van der Waals surface area contributed by atoms with Crippen LogP contribution in [0, 0.1) is 3.57 Å². The van der Waals surface area contributed by atoms with Gasteiger partial charge in [0, 0.05) is 10.1 Å². The molecule has 0 aliphatic rings. The summed E-state index contributed by atoms with van der Waals surface area (Å²) in [5.74, 6) is -0.348. The highest BCUT2D eigenvalue weighted by molar-refractivity contribution is 14.1. The van der Waals surface area contributed by atoms with Crippen LogP contribution in [-0.4, -0.2) is 27.4 Å². The van der Waals surface area contributed by atoms with Crippen molar-refractivity contribution in [2.45, 2.75) is 11.3 Å². The van der Waals surface area contributed by atoms with E-state index in [2.05, 4.69) is 27.9 Å². The van der Waals surface area contributed by atoms with E-state index in [1.165, 1.54) is 12.1 Å². The van der Waals surface area contributed by atoms with Crippen molar-refractivity contribution in [1.82, 2.24) is 5.32 Å². The summed E-state index contributed by atoms with van der Waals surface area (Å²) in [5.41, 5.74) is 1.56. The van der Waals surface area contributed by atoms with Crippen molar-refractivity contribution in [3.8, 4) is 0 Å². The average molecular weight is 520 g/mol. The quantitative estimate of drug-likeness (QED) is 0.459. The molecule has 0 fully saturated rings. The third-order valence-electron chi connectivity index (χ3n) is 4.31. The lowest BCUT2D eigenvalue weighted by molar-refractivity contribution is -0.119. The van der Waals surface area contributed by atoms with Crippen molar-refractivity contribution in [2.75, 3.05) is 17.4 Å². The first-order valence-electron chi connectivity index (χ1n) is 9.11. The molecule has 0 aromatic heterocycles. The Morgan fingerprint density at radius 3 is 2.07 bits per heavy atom. The SMILES string of the molecule is O=C(CN(c1ccc(I)cc1)S(=O)(=O)c1ccccc1)NCCc1ccccc1. The van der Waals surface area contributed by atoms with Gasteiger partial charge in [0.15, 0.2) is 0 Å². The van der Waals surface area contributed by atoms with E-state index in [0.717, 1.165) is 13.4 Å². The summed E-state index contributed by atoms with van der Waals surface area (Å²) >= 11 is 2.15. The molecular weight excluding hydrogens is 499 g/mol. The molecule has 3 aromatic carbocycles. The van der Waals surface area contributed by atoms with Gasteiger partial charge in [-0.2, -0.15) is 0 Å². The fraction of sp³-hybridized carbons (Fsp3) is 0.136. The second-order valence-corrected chi connectivity index (χ2v) is 9.49. The van der Waals surface area contributed by atoms with Crippen LogP contribution in [0.15, 0.2) is 89.8 Å². The largest absolute Gasteiger partial charge is 0.354 e. The highest BCUT2D eigenvalue weighted by Gasteiger charge is 2.26. The molecule has 0 heterocycles. The number of amides is 1. The predicted octanol–water partition coefficient (Wildman–Crippen LogP) is 3.85. The lowest BCUT2D eigenvalue weighted by Crippen LogP contribution is -2.41. The first kappa shape index (κ1) is 21.3. The molecule has 0 spiro atoms. The number of nitrogens with one attached hydrogen (secondary N) is 1. The Morgan fingerprint density at radius 2 is 1.45 bits per heavy atom. The van der Waals surface area contributed by atoms with E-state index in [4.69, 9.17) is 0 Å². The molecule has 5 nitrogen and oxygen atoms in total. The number of carbonyl (C=O) groups is 1. The molecule has 1 N–H and O–H groups in total. The van der Waals surface area contributed by atoms with Crippen LogP contribution in [-0.2, 0) is 21.2 Å². The zero-order valence-electron chi connectivity index (χ0n) is 15.7. The number of hydrogen-bond donors (Lipinski definition) is 1. The number of nitrogens with zero attached hydrogens (tertiary/aromatic N) is 1. The van der Waals surface area contributed by atoms with Crippen LogP contribution in [0.2, 0.25) is 0 Å². The van der Waals surface area contributed by atoms with Gasteiger partial charge < -0.3 is 5.32 Å². The molecule has 29 heavy (non-hydrogen) atoms. The number of benzene rings is 3. The first-order chi connectivity index (χ1) is 14.0. The summed E-state index contributed by atoms with van der Waals surface area (Å²) in [6, 6.07) is 25.0. The topological polar surface area (TPSA) is 66.5 Å². The lowest BCUT2D eigenvalue weighted by atomic mass is 10.1. The van der Waals surface area contributed by atoms with Crippen molar-refractivity contribution < 1.29 is 13.2 Å². The smallest absolute Gasteiger partial charge is 0.264 e. The molecule has 0 aliphatic carbocycles. The Labute approximate surface area is 184 Å². The van der Waals surface area contributed by atoms with E-state index in [1.54, 1.807) is 30.3 Å². The van der Waals surface area contributed by atoms with Gasteiger partial charge in [-0.05, 0) is 71.0 Å². The molecule has 150 valence electrons. The molecule has 1 amide bonds. The highest BCUT2D eigenvalue weighted by Crippen LogP contribution is 2.24. The van der Waals surface area contributed by atoms with Gasteiger partial charge in [0.05, 0.1) is 10.6 Å². The zero-order chi connectivity index (χ0) is 20.7. The maximum absolute atomic E-state index is 13.2. The van der Waals surface area contributed by atoms with Gasteiger partial charge in [-0.3, -0.25) is 9.10 Å². The zero-order valence-corrected chi connectivity index (χ0v) is 18.6. The van der Waals surface area contributed by atoms with Gasteiger partial charge in [-0.25, -0.2) is 8.42 Å². The van der Waals surface area contributed by atoms with Crippen LogP contribution < -0.4 is 9.62 Å². The van der Waals surface area contributed by atoms with Crippen LogP contribution in [0.5, 0.6) is 0 Å². The van der Waals surface area contributed by atoms with Crippen molar-refractivity contribution in [3.05, 3.63) is 94.1 Å². The van der Waals surface area contributed by atoms with E-state index < -0.39 is 10.0 Å². The van der Waals surface area contributed by atoms with Gasteiger partial charge in [-0.15, -0.1) is 0 Å². The molecule has 0 radical (unpaired) electrons. The molecule has 7 heteroatoms. The summed E-state index contributed by atoms with van der Waals surface area (Å²) in [6.45, 7) is 0.154. The van der Waals surface area contributed by atoms with Gasteiger partial charge in [0.25, 0.3) is 10.0 Å². The van der Waals surface area contributed by atoms with Crippen LogP contribution in [0.3, 0.4) is 0 Å². The minimum absolute atomic E-state index is 0.149. The van der Waals surface area contributed by atoms with Crippen LogP contribution in [0.4, 0.5) is 5.69 Å². The van der Waals surface area contributed by atoms with Gasteiger partial charge >= 0.3 is 0 Å². The second kappa shape index (κ2) is 9.89. The number of halogens is 1. The van der Waals surface area contributed by atoms with E-state index in [0.29, 0.717) is 18.7 Å². The molecule has 0 atom stereocenters. The monoisotopic (exact) mass is 520 g/mol. The summed E-state index contributed by atoms with van der Waals surface area (Å²) in [5, 5.41) is 2.82. The second-order valence-electron chi connectivity index (χ2n) is 6.39. The minimum Gasteiger partial charge on any atom is -0.354 e. The number of hydrogen-bond acceptors (Lipinski definition) is 3. The number of anilines is 1. The molecular formula is C22H21IN2O3S. The maximum Gasteiger partial charge on any atom is 0.264 e. The van der Waals surface area contributed by atoms with Crippen molar-refractivity contribution in [2.24, 2.45) is 0 Å². The summed E-state index contributed by atoms with van der Waals surface area (Å²) in [7, 11) is -3.87. The van der Waals surface area contributed by atoms with Crippen LogP contribution in [0.25, 0.3) is 0 Å². The van der Waals surface area contributed by atoms with Crippen LogP contribution in [0.1, 0.15) is 5.56 Å². The summed E-state index contributed by atoms with van der Waals surface area (Å²) < 4.78 is 28.5. The fourth-order valence-electron chi connectivity index (χ4n) is 2.82. The molecule has 3 aromatic rings. The highest BCUT2D eigenvalue weighted by atomic mass is 127. The Morgan fingerprint density at radius 1 is 0.862 bits per heavy atom. The maximum atomic E-state index is 13.2.